The molecule has 0 saturated carbocycles. The minimum absolute atomic E-state index is 0.595. The lowest BCUT2D eigenvalue weighted by Gasteiger charge is -2.06. The Hall–Kier alpha value is 0.850. The Kier molecular flexibility index (Phi) is 7.79. The second-order valence-corrected chi connectivity index (χ2v) is 8.42. The third-order valence-electron chi connectivity index (χ3n) is 1.07. The van der Waals surface area contributed by atoms with Crippen LogP contribution in [0.5, 0.6) is 0 Å². The van der Waals surface area contributed by atoms with E-state index in [-0.39, 0.29) is 0 Å². The van der Waals surface area contributed by atoms with E-state index in [1.807, 2.05) is 0 Å². The summed E-state index contributed by atoms with van der Waals surface area (Å²) >= 11 is 3.56. The third kappa shape index (κ3) is 8.94. The largest absolute Gasteiger partial charge is 0.258 e. The highest BCUT2D eigenvalue weighted by atomic mass is 32.3. The topological polar surface area (TPSA) is 17.1 Å². The Morgan fingerprint density at radius 1 is 1.00 bits per heavy atom. The van der Waals surface area contributed by atoms with Crippen LogP contribution in [0.4, 0.5) is 0 Å². The predicted octanol–water partition coefficient (Wildman–Crippen LogP) is 2.93. The van der Waals surface area contributed by atoms with Crippen molar-refractivity contribution in [2.24, 2.45) is 0 Å². The van der Waals surface area contributed by atoms with Gasteiger partial charge in [-0.25, -0.2) is 0 Å². The van der Waals surface area contributed by atoms with Gasteiger partial charge in [0, 0.05) is 10.8 Å². The van der Waals surface area contributed by atoms with Gasteiger partial charge in [0.05, 0.1) is 10.2 Å². The first-order valence-corrected chi connectivity index (χ1v) is 7.69. The van der Waals surface area contributed by atoms with E-state index in [1.165, 1.54) is 0 Å². The molecule has 0 aromatic carbocycles. The van der Waals surface area contributed by atoms with Crippen LogP contribution < -0.4 is 0 Å². The van der Waals surface area contributed by atoms with Gasteiger partial charge in [0.25, 0.3) is 0 Å². The van der Waals surface area contributed by atoms with E-state index < -0.39 is 10.8 Å². The zero-order chi connectivity index (χ0) is 9.56. The van der Waals surface area contributed by atoms with Crippen molar-refractivity contribution in [2.45, 2.75) is 38.2 Å². The molecule has 0 aromatic heterocycles. The highest BCUT2D eigenvalue weighted by Crippen LogP contribution is 2.15. The van der Waals surface area contributed by atoms with Gasteiger partial charge in [0.15, 0.2) is 0 Å². The summed E-state index contributed by atoms with van der Waals surface area (Å²) < 4.78 is 11.3. The maximum atomic E-state index is 11.3. The Morgan fingerprint density at radius 3 is 1.58 bits per heavy atom. The van der Waals surface area contributed by atoms with E-state index in [2.05, 4.69) is 27.7 Å². The molecule has 0 aliphatic rings. The highest BCUT2D eigenvalue weighted by Gasteiger charge is 2.03. The molecule has 0 saturated heterocycles. The Balaban J connectivity index is 3.34. The van der Waals surface area contributed by atoms with E-state index >= 15 is 0 Å². The lowest BCUT2D eigenvalue weighted by atomic mass is 10.6. The van der Waals surface area contributed by atoms with Crippen molar-refractivity contribution in [3.8, 4) is 0 Å². The maximum Gasteiger partial charge on any atom is 0.0703 e. The van der Waals surface area contributed by atoms with Crippen LogP contribution in [-0.2, 0) is 10.8 Å². The first kappa shape index (κ1) is 12.8. The molecule has 0 aliphatic carbocycles. The van der Waals surface area contributed by atoms with Crippen LogP contribution in [0.25, 0.3) is 0 Å². The molecule has 0 fully saturated rings. The zero-order valence-electron chi connectivity index (χ0n) is 8.20. The third-order valence-corrected chi connectivity index (χ3v) is 5.59. The minimum Gasteiger partial charge on any atom is -0.258 e. The van der Waals surface area contributed by atoms with Crippen molar-refractivity contribution in [3.05, 3.63) is 0 Å². The summed E-state index contributed by atoms with van der Waals surface area (Å²) in [6.07, 6.45) is 0. The highest BCUT2D eigenvalue weighted by molar-refractivity contribution is 8.17. The fourth-order valence-corrected chi connectivity index (χ4v) is 4.73. The van der Waals surface area contributed by atoms with Crippen molar-refractivity contribution < 1.29 is 4.21 Å². The van der Waals surface area contributed by atoms with Gasteiger partial charge in [0.2, 0.25) is 0 Å². The lowest BCUT2D eigenvalue weighted by Crippen LogP contribution is -2.02. The van der Waals surface area contributed by atoms with Crippen LogP contribution in [0.3, 0.4) is 0 Å². The number of hydrogen-bond acceptors (Lipinski definition) is 3. The molecule has 1 nitrogen and oxygen atoms in total. The van der Waals surface area contributed by atoms with Crippen molar-refractivity contribution in [1.29, 1.82) is 0 Å². The van der Waals surface area contributed by atoms with Gasteiger partial charge in [-0.05, 0) is 10.5 Å². The molecule has 0 spiro atoms. The normalized spacial score (nSPS) is 11.9. The van der Waals surface area contributed by atoms with E-state index in [4.69, 9.17) is 0 Å². The van der Waals surface area contributed by atoms with E-state index in [0.29, 0.717) is 10.5 Å². The van der Waals surface area contributed by atoms with E-state index in [1.54, 1.807) is 23.5 Å². The van der Waals surface area contributed by atoms with Crippen molar-refractivity contribution in [2.75, 3.05) is 10.2 Å². The van der Waals surface area contributed by atoms with Gasteiger partial charge in [-0.3, -0.25) is 4.21 Å². The van der Waals surface area contributed by atoms with Crippen molar-refractivity contribution >= 4 is 34.3 Å². The molecule has 0 radical (unpaired) electrons. The molecule has 0 aromatic rings. The molecule has 0 heterocycles. The van der Waals surface area contributed by atoms with Crippen LogP contribution in [0.1, 0.15) is 27.7 Å². The van der Waals surface area contributed by atoms with Crippen molar-refractivity contribution in [1.82, 2.24) is 0 Å². The Labute approximate surface area is 86.9 Å². The zero-order valence-corrected chi connectivity index (χ0v) is 10.7. The fourth-order valence-electron chi connectivity index (χ4n) is 0.458. The first-order valence-electron chi connectivity index (χ1n) is 4.10. The lowest BCUT2D eigenvalue weighted by molar-refractivity contribution is 0.689. The standard InChI is InChI=1S/C8H18OS3/c1-7(2)10-5-12(9)6-11-8(3)4/h7-8H,5-6H2,1-4H3. The number of hydrogen-bond donors (Lipinski definition) is 0. The SMILES string of the molecule is CC(C)SCS(=O)CSC(C)C. The molecular formula is C8H18OS3. The van der Waals surface area contributed by atoms with Crippen LogP contribution in [0, 0.1) is 0 Å². The molecular weight excluding hydrogens is 208 g/mol. The molecule has 0 unspecified atom stereocenters. The van der Waals surface area contributed by atoms with Crippen LogP contribution in [0.15, 0.2) is 0 Å². The smallest absolute Gasteiger partial charge is 0.0703 e. The summed E-state index contributed by atoms with van der Waals surface area (Å²) in [5.41, 5.74) is 0. The van der Waals surface area contributed by atoms with Gasteiger partial charge in [-0.15, -0.1) is 23.5 Å². The van der Waals surface area contributed by atoms with Gasteiger partial charge in [-0.1, -0.05) is 27.7 Å². The molecule has 0 bridgehead atoms. The van der Waals surface area contributed by atoms with Gasteiger partial charge >= 0.3 is 0 Å². The van der Waals surface area contributed by atoms with Crippen LogP contribution in [-0.4, -0.2) is 24.9 Å². The summed E-state index contributed by atoms with van der Waals surface area (Å²) in [7, 11) is -0.635. The average Bonchev–Trinajstić information content (AvgIpc) is 1.96. The molecule has 0 atom stereocenters. The number of rotatable bonds is 6. The van der Waals surface area contributed by atoms with Gasteiger partial charge in [-0.2, -0.15) is 0 Å². The molecule has 0 rings (SSSR count). The van der Waals surface area contributed by atoms with E-state index in [9.17, 15) is 4.21 Å². The molecule has 0 amide bonds. The summed E-state index contributed by atoms with van der Waals surface area (Å²) in [6.45, 7) is 8.55. The Morgan fingerprint density at radius 2 is 1.33 bits per heavy atom. The molecule has 0 aliphatic heterocycles. The number of thioether (sulfide) groups is 2. The van der Waals surface area contributed by atoms with Crippen molar-refractivity contribution in [3.63, 3.8) is 0 Å². The molecule has 4 heteroatoms. The fraction of sp³-hybridized carbons (Fsp3) is 1.00. The molecule has 12 heavy (non-hydrogen) atoms. The summed E-state index contributed by atoms with van der Waals surface area (Å²) in [4.78, 5) is 0. The minimum atomic E-state index is -0.635. The van der Waals surface area contributed by atoms with E-state index in [0.717, 1.165) is 10.2 Å². The molecule has 74 valence electrons. The van der Waals surface area contributed by atoms with Crippen LogP contribution >= 0.6 is 23.5 Å². The second-order valence-electron chi connectivity index (χ2n) is 3.11. The monoisotopic (exact) mass is 226 g/mol. The Bertz CT molecular complexity index is 120. The average molecular weight is 226 g/mol. The summed E-state index contributed by atoms with van der Waals surface area (Å²) in [5.74, 6) is 0. The quantitative estimate of drug-likeness (QED) is 0.693. The second kappa shape index (κ2) is 7.27. The van der Waals surface area contributed by atoms with Gasteiger partial charge < -0.3 is 0 Å². The van der Waals surface area contributed by atoms with Crippen LogP contribution in [0.2, 0.25) is 0 Å². The summed E-state index contributed by atoms with van der Waals surface area (Å²) in [6, 6.07) is 0. The maximum absolute atomic E-state index is 11.3. The first-order chi connectivity index (χ1) is 5.52. The van der Waals surface area contributed by atoms with Gasteiger partial charge in [0.1, 0.15) is 0 Å². The predicted molar refractivity (Wildman–Crippen MR) is 63.3 cm³/mol. The summed E-state index contributed by atoms with van der Waals surface area (Å²) in [5, 5.41) is 2.77. The molecule has 0 N–H and O–H groups in total.